The topological polar surface area (TPSA) is 43.4 Å². The van der Waals surface area contributed by atoms with Crippen molar-refractivity contribution in [3.63, 3.8) is 0 Å². The highest BCUT2D eigenvalue weighted by molar-refractivity contribution is 6.03. The minimum atomic E-state index is -0.380. The molecule has 2 rings (SSSR count). The summed E-state index contributed by atoms with van der Waals surface area (Å²) in [6, 6.07) is 7.78. The molecule has 0 radical (unpaired) electrons. The summed E-state index contributed by atoms with van der Waals surface area (Å²) in [5, 5.41) is 0. The van der Waals surface area contributed by atoms with Gasteiger partial charge in [-0.1, -0.05) is 64.5 Å². The highest BCUT2D eigenvalue weighted by Crippen LogP contribution is 2.27. The van der Waals surface area contributed by atoms with Crippen LogP contribution < -0.4 is 4.74 Å². The van der Waals surface area contributed by atoms with E-state index in [1.165, 1.54) is 38.5 Å². The molecule has 3 nitrogen and oxygen atoms in total. The van der Waals surface area contributed by atoms with Crippen LogP contribution in [0.15, 0.2) is 24.3 Å². The molecule has 2 atom stereocenters. The van der Waals surface area contributed by atoms with Crippen LogP contribution in [0.5, 0.6) is 5.75 Å². The van der Waals surface area contributed by atoms with E-state index in [1.807, 2.05) is 24.3 Å². The number of hydrogen-bond acceptors (Lipinski definition) is 3. The molecule has 0 aromatic heterocycles. The van der Waals surface area contributed by atoms with E-state index in [9.17, 15) is 9.59 Å². The Morgan fingerprint density at radius 3 is 2.33 bits per heavy atom. The van der Waals surface area contributed by atoms with Crippen LogP contribution in [0.4, 0.5) is 0 Å². The van der Waals surface area contributed by atoms with Crippen LogP contribution in [-0.2, 0) is 16.0 Å². The highest BCUT2D eigenvalue weighted by atomic mass is 16.5. The first-order chi connectivity index (χ1) is 13.1. The zero-order chi connectivity index (χ0) is 19.5. The fourth-order valence-electron chi connectivity index (χ4n) is 3.82. The number of carbonyl (C=O) groups excluding carboxylic acids is 2. The van der Waals surface area contributed by atoms with E-state index >= 15 is 0 Å². The molecule has 3 heteroatoms. The molecular formula is C24H36O3. The van der Waals surface area contributed by atoms with Crippen LogP contribution in [0.3, 0.4) is 0 Å². The second-order valence-corrected chi connectivity index (χ2v) is 8.16. The van der Waals surface area contributed by atoms with Crippen molar-refractivity contribution in [3.8, 4) is 5.75 Å². The zero-order valence-electron chi connectivity index (χ0n) is 17.2. The number of rotatable bonds is 12. The minimum Gasteiger partial charge on any atom is -0.494 e. The second-order valence-electron chi connectivity index (χ2n) is 8.16. The normalized spacial score (nSPS) is 19.9. The van der Waals surface area contributed by atoms with Gasteiger partial charge < -0.3 is 4.74 Å². The SMILES string of the molecule is CCCCCCCCCOc1ccc(CC(=O)C2CCC(C)CC2=O)cc1. The van der Waals surface area contributed by atoms with Gasteiger partial charge >= 0.3 is 0 Å². The molecule has 0 heterocycles. The van der Waals surface area contributed by atoms with Crippen LogP contribution in [0, 0.1) is 11.8 Å². The summed E-state index contributed by atoms with van der Waals surface area (Å²) < 4.78 is 5.80. The Labute approximate surface area is 164 Å². The molecule has 0 aliphatic heterocycles. The van der Waals surface area contributed by atoms with Crippen molar-refractivity contribution < 1.29 is 14.3 Å². The molecule has 1 saturated carbocycles. The molecule has 1 aromatic carbocycles. The molecule has 2 unspecified atom stereocenters. The Morgan fingerprint density at radius 2 is 1.67 bits per heavy atom. The van der Waals surface area contributed by atoms with Gasteiger partial charge in [-0.2, -0.15) is 0 Å². The van der Waals surface area contributed by atoms with Gasteiger partial charge in [0.25, 0.3) is 0 Å². The standard InChI is InChI=1S/C24H36O3/c1-3-4-5-6-7-8-9-16-27-21-13-11-20(12-14-21)18-24(26)22-15-10-19(2)17-23(22)25/h11-14,19,22H,3-10,15-18H2,1-2H3. The lowest BCUT2D eigenvalue weighted by molar-refractivity contribution is -0.134. The van der Waals surface area contributed by atoms with E-state index in [4.69, 9.17) is 4.74 Å². The second kappa shape index (κ2) is 11.9. The molecule has 150 valence electrons. The van der Waals surface area contributed by atoms with Crippen molar-refractivity contribution in [2.24, 2.45) is 11.8 Å². The maximum Gasteiger partial charge on any atom is 0.147 e. The van der Waals surface area contributed by atoms with Crippen LogP contribution in [0.2, 0.25) is 0 Å². The first-order valence-corrected chi connectivity index (χ1v) is 10.9. The van der Waals surface area contributed by atoms with Gasteiger partial charge in [0.2, 0.25) is 0 Å². The molecule has 0 spiro atoms. The van der Waals surface area contributed by atoms with Crippen LogP contribution in [0.1, 0.15) is 83.6 Å². The Hall–Kier alpha value is -1.64. The summed E-state index contributed by atoms with van der Waals surface area (Å²) in [4.78, 5) is 24.6. The number of hydrogen-bond donors (Lipinski definition) is 0. The summed E-state index contributed by atoms with van der Waals surface area (Å²) >= 11 is 0. The molecular weight excluding hydrogens is 336 g/mol. The maximum absolute atomic E-state index is 12.5. The van der Waals surface area contributed by atoms with Crippen molar-refractivity contribution in [1.82, 2.24) is 0 Å². The van der Waals surface area contributed by atoms with E-state index in [2.05, 4.69) is 13.8 Å². The third-order valence-corrected chi connectivity index (χ3v) is 5.59. The monoisotopic (exact) mass is 372 g/mol. The Balaban J connectivity index is 1.66. The molecule has 1 aliphatic carbocycles. The summed E-state index contributed by atoms with van der Waals surface area (Å²) in [5.41, 5.74) is 0.967. The Bertz CT molecular complexity index is 576. The number of unbranched alkanes of at least 4 members (excludes halogenated alkanes) is 6. The first-order valence-electron chi connectivity index (χ1n) is 10.9. The molecule has 1 fully saturated rings. The van der Waals surface area contributed by atoms with Gasteiger partial charge in [-0.3, -0.25) is 9.59 Å². The van der Waals surface area contributed by atoms with E-state index in [-0.39, 0.29) is 17.5 Å². The summed E-state index contributed by atoms with van der Waals surface area (Å²) in [5.74, 6) is 1.11. The largest absolute Gasteiger partial charge is 0.494 e. The molecule has 0 amide bonds. The van der Waals surface area contributed by atoms with E-state index in [0.717, 1.165) is 37.2 Å². The fraction of sp³-hybridized carbons (Fsp3) is 0.667. The lowest BCUT2D eigenvalue weighted by Crippen LogP contribution is -2.31. The van der Waals surface area contributed by atoms with E-state index in [1.54, 1.807) is 0 Å². The van der Waals surface area contributed by atoms with Crippen molar-refractivity contribution in [2.75, 3.05) is 6.61 Å². The molecule has 1 aliphatic rings. The maximum atomic E-state index is 12.5. The average Bonchev–Trinajstić information content (AvgIpc) is 2.65. The van der Waals surface area contributed by atoms with Gasteiger partial charge in [-0.25, -0.2) is 0 Å². The predicted molar refractivity (Wildman–Crippen MR) is 110 cm³/mol. The number of ketones is 2. The highest BCUT2D eigenvalue weighted by Gasteiger charge is 2.31. The fourth-order valence-corrected chi connectivity index (χ4v) is 3.82. The van der Waals surface area contributed by atoms with E-state index in [0.29, 0.717) is 18.8 Å². The summed E-state index contributed by atoms with van der Waals surface area (Å²) in [6.45, 7) is 5.08. The van der Waals surface area contributed by atoms with Gasteiger partial charge in [0.1, 0.15) is 17.3 Å². The molecule has 1 aromatic rings. The molecule has 27 heavy (non-hydrogen) atoms. The molecule has 0 bridgehead atoms. The van der Waals surface area contributed by atoms with Crippen LogP contribution >= 0.6 is 0 Å². The lowest BCUT2D eigenvalue weighted by atomic mass is 9.78. The first kappa shape index (κ1) is 21.7. The number of benzene rings is 1. The van der Waals surface area contributed by atoms with Crippen molar-refractivity contribution in [3.05, 3.63) is 29.8 Å². The Morgan fingerprint density at radius 1 is 1.00 bits per heavy atom. The smallest absolute Gasteiger partial charge is 0.147 e. The van der Waals surface area contributed by atoms with E-state index < -0.39 is 0 Å². The average molecular weight is 373 g/mol. The summed E-state index contributed by atoms with van der Waals surface area (Å²) in [7, 11) is 0. The number of ether oxygens (including phenoxy) is 1. The Kier molecular flexibility index (Phi) is 9.58. The van der Waals surface area contributed by atoms with Gasteiger partial charge in [0.05, 0.1) is 12.5 Å². The predicted octanol–water partition coefficient (Wildman–Crippen LogP) is 5.93. The van der Waals surface area contributed by atoms with Gasteiger partial charge in [-0.05, 0) is 42.9 Å². The third-order valence-electron chi connectivity index (χ3n) is 5.59. The quantitative estimate of drug-likeness (QED) is 0.337. The van der Waals surface area contributed by atoms with Crippen molar-refractivity contribution in [2.45, 2.75) is 84.5 Å². The minimum absolute atomic E-state index is 0.0728. The number of carbonyl (C=O) groups is 2. The third kappa shape index (κ3) is 7.86. The van der Waals surface area contributed by atoms with Gasteiger partial charge in [0.15, 0.2) is 0 Å². The van der Waals surface area contributed by atoms with Gasteiger partial charge in [0, 0.05) is 12.8 Å². The van der Waals surface area contributed by atoms with Crippen molar-refractivity contribution >= 4 is 11.6 Å². The summed E-state index contributed by atoms with van der Waals surface area (Å²) in [6.07, 6.45) is 11.5. The van der Waals surface area contributed by atoms with Crippen LogP contribution in [-0.4, -0.2) is 18.2 Å². The number of Topliss-reactive ketones (excluding diaryl/α,β-unsaturated/α-hetero) is 2. The van der Waals surface area contributed by atoms with Crippen LogP contribution in [0.25, 0.3) is 0 Å². The lowest BCUT2D eigenvalue weighted by Gasteiger charge is -2.23. The van der Waals surface area contributed by atoms with Crippen molar-refractivity contribution in [1.29, 1.82) is 0 Å². The molecule has 0 N–H and O–H groups in total. The zero-order valence-corrected chi connectivity index (χ0v) is 17.2. The van der Waals surface area contributed by atoms with Gasteiger partial charge in [-0.15, -0.1) is 0 Å². The molecule has 0 saturated heterocycles.